The third kappa shape index (κ3) is 5.20. The van der Waals surface area contributed by atoms with Gasteiger partial charge in [-0.15, -0.1) is 11.3 Å². The Labute approximate surface area is 144 Å². The molecule has 6 nitrogen and oxygen atoms in total. The van der Waals surface area contributed by atoms with Crippen LogP contribution in [0.3, 0.4) is 0 Å². The molecule has 1 N–H and O–H groups in total. The monoisotopic (exact) mass is 346 g/mol. The molecule has 0 saturated carbocycles. The van der Waals surface area contributed by atoms with E-state index >= 15 is 0 Å². The van der Waals surface area contributed by atoms with Crippen LogP contribution in [0.1, 0.15) is 27.2 Å². The predicted molar refractivity (Wildman–Crippen MR) is 93.0 cm³/mol. The van der Waals surface area contributed by atoms with Crippen LogP contribution in [0.5, 0.6) is 5.75 Å². The Morgan fingerprint density at radius 1 is 1.25 bits per heavy atom. The van der Waals surface area contributed by atoms with E-state index in [0.717, 1.165) is 5.56 Å². The number of nitrogens with one attached hydrogen (secondary N) is 1. The van der Waals surface area contributed by atoms with Gasteiger partial charge in [-0.25, -0.2) is 9.78 Å². The average molecular weight is 346 g/mol. The highest BCUT2D eigenvalue weighted by atomic mass is 32.1. The van der Waals surface area contributed by atoms with Crippen LogP contribution in [0.2, 0.25) is 0 Å². The number of likely N-dealkylation sites (N-methyl/N-ethyl adjacent to an activating group) is 1. The Hall–Kier alpha value is -2.67. The Bertz CT molecular complexity index is 722. The second-order valence-corrected chi connectivity index (χ2v) is 5.76. The lowest BCUT2D eigenvalue weighted by atomic mass is 10.2. The molecule has 0 radical (unpaired) electrons. The van der Waals surface area contributed by atoms with Gasteiger partial charge >= 0.3 is 5.97 Å². The molecular formula is C17H18N2O4S. The summed E-state index contributed by atoms with van der Waals surface area (Å²) in [5.74, 6) is 0.0908. The van der Waals surface area contributed by atoms with Crippen molar-refractivity contribution in [2.24, 2.45) is 0 Å². The summed E-state index contributed by atoms with van der Waals surface area (Å²) in [4.78, 5) is 27.3. The molecule has 2 aromatic rings. The molecule has 0 aliphatic rings. The van der Waals surface area contributed by atoms with E-state index in [0.29, 0.717) is 22.2 Å². The molecule has 1 aromatic heterocycles. The highest BCUT2D eigenvalue weighted by molar-refractivity contribution is 7.14. The highest BCUT2D eigenvalue weighted by Gasteiger charge is 2.08. The molecule has 126 valence electrons. The number of ether oxygens (including phenoxy) is 2. The fourth-order valence-corrected chi connectivity index (χ4v) is 2.54. The molecular weight excluding hydrogens is 328 g/mol. The summed E-state index contributed by atoms with van der Waals surface area (Å²) in [6.07, 6.45) is 5.20. The topological polar surface area (TPSA) is 77.5 Å². The van der Waals surface area contributed by atoms with E-state index in [9.17, 15) is 9.59 Å². The summed E-state index contributed by atoms with van der Waals surface area (Å²) in [6, 6.07) is 7.33. The van der Waals surface area contributed by atoms with Crippen molar-refractivity contribution in [3.63, 3.8) is 0 Å². The van der Waals surface area contributed by atoms with Crippen molar-refractivity contribution in [2.45, 2.75) is 6.92 Å². The summed E-state index contributed by atoms with van der Waals surface area (Å²) in [5, 5.41) is 3.38. The van der Waals surface area contributed by atoms with Gasteiger partial charge in [0, 0.05) is 6.54 Å². The first-order valence-corrected chi connectivity index (χ1v) is 8.15. The van der Waals surface area contributed by atoms with Crippen LogP contribution in [-0.4, -0.2) is 37.1 Å². The first-order chi connectivity index (χ1) is 11.6. The van der Waals surface area contributed by atoms with Crippen LogP contribution in [0.15, 0.2) is 30.5 Å². The molecule has 0 atom stereocenters. The van der Waals surface area contributed by atoms with Crippen molar-refractivity contribution in [1.29, 1.82) is 0 Å². The summed E-state index contributed by atoms with van der Waals surface area (Å²) in [7, 11) is 1.34. The second kappa shape index (κ2) is 8.83. The third-order valence-corrected chi connectivity index (χ3v) is 3.90. The lowest BCUT2D eigenvalue weighted by Crippen LogP contribution is -2.28. The number of rotatable bonds is 7. The van der Waals surface area contributed by atoms with Crippen molar-refractivity contribution in [2.75, 3.05) is 20.3 Å². The first-order valence-electron chi connectivity index (χ1n) is 7.34. The number of hydrogen-bond donors (Lipinski definition) is 1. The Balaban J connectivity index is 1.92. The Kier molecular flexibility index (Phi) is 6.51. The molecule has 0 aliphatic carbocycles. The lowest BCUT2D eigenvalue weighted by molar-refractivity contribution is -0.122. The van der Waals surface area contributed by atoms with E-state index in [1.165, 1.54) is 24.6 Å². The van der Waals surface area contributed by atoms with E-state index in [2.05, 4.69) is 15.0 Å². The van der Waals surface area contributed by atoms with Crippen molar-refractivity contribution in [3.05, 3.63) is 45.9 Å². The molecule has 24 heavy (non-hydrogen) atoms. The first kappa shape index (κ1) is 17.7. The molecule has 0 unspecified atom stereocenters. The van der Waals surface area contributed by atoms with Crippen molar-refractivity contribution in [3.8, 4) is 5.75 Å². The van der Waals surface area contributed by atoms with Crippen LogP contribution in [0, 0.1) is 0 Å². The van der Waals surface area contributed by atoms with E-state index in [1.54, 1.807) is 12.1 Å². The molecule has 1 amide bonds. The largest absolute Gasteiger partial charge is 0.484 e. The van der Waals surface area contributed by atoms with Crippen molar-refractivity contribution >= 4 is 35.4 Å². The molecule has 1 heterocycles. The molecule has 0 saturated heterocycles. The molecule has 1 aromatic carbocycles. The number of methoxy groups -OCH3 is 1. The fourth-order valence-electron chi connectivity index (χ4n) is 1.80. The minimum atomic E-state index is -0.388. The number of amides is 1. The summed E-state index contributed by atoms with van der Waals surface area (Å²) in [5.41, 5.74) is 0.954. The van der Waals surface area contributed by atoms with Gasteiger partial charge in [0.05, 0.1) is 13.3 Å². The van der Waals surface area contributed by atoms with E-state index in [4.69, 9.17) is 4.74 Å². The lowest BCUT2D eigenvalue weighted by Gasteiger charge is -2.06. The molecule has 0 bridgehead atoms. The minimum Gasteiger partial charge on any atom is -0.484 e. The van der Waals surface area contributed by atoms with Crippen LogP contribution >= 0.6 is 11.3 Å². The van der Waals surface area contributed by atoms with E-state index < -0.39 is 0 Å². The molecule has 0 fully saturated rings. The number of aromatic nitrogens is 1. The maximum atomic E-state index is 11.4. The van der Waals surface area contributed by atoms with Crippen LogP contribution in [-0.2, 0) is 9.53 Å². The van der Waals surface area contributed by atoms with Gasteiger partial charge in [-0.3, -0.25) is 4.79 Å². The van der Waals surface area contributed by atoms with Crippen molar-refractivity contribution < 1.29 is 19.1 Å². The zero-order valence-electron chi connectivity index (χ0n) is 13.4. The fraction of sp³-hybridized carbons (Fsp3) is 0.235. The van der Waals surface area contributed by atoms with Gasteiger partial charge in [-0.1, -0.05) is 18.2 Å². The van der Waals surface area contributed by atoms with Gasteiger partial charge < -0.3 is 14.8 Å². The minimum absolute atomic E-state index is 0.00154. The summed E-state index contributed by atoms with van der Waals surface area (Å²) >= 11 is 1.26. The number of benzene rings is 1. The summed E-state index contributed by atoms with van der Waals surface area (Å²) in [6.45, 7) is 2.44. The van der Waals surface area contributed by atoms with Crippen LogP contribution in [0.25, 0.3) is 12.2 Å². The van der Waals surface area contributed by atoms with E-state index in [1.807, 2.05) is 31.2 Å². The normalized spacial score (nSPS) is 10.6. The van der Waals surface area contributed by atoms with Crippen LogP contribution in [0.4, 0.5) is 0 Å². The summed E-state index contributed by atoms with van der Waals surface area (Å²) < 4.78 is 10.0. The molecule has 0 spiro atoms. The predicted octanol–water partition coefficient (Wildman–Crippen LogP) is 2.62. The van der Waals surface area contributed by atoms with Gasteiger partial charge in [-0.2, -0.15) is 0 Å². The number of nitrogens with zero attached hydrogens (tertiary/aromatic N) is 1. The number of carbonyl (C=O) groups excluding carboxylic acids is 2. The van der Waals surface area contributed by atoms with Gasteiger partial charge in [-0.05, 0) is 30.7 Å². The number of carbonyl (C=O) groups is 2. The number of thiazole rings is 1. The van der Waals surface area contributed by atoms with Crippen LogP contribution < -0.4 is 10.1 Å². The number of esters is 1. The number of hydrogen-bond acceptors (Lipinski definition) is 6. The Morgan fingerprint density at radius 2 is 2.00 bits per heavy atom. The van der Waals surface area contributed by atoms with Gasteiger partial charge in [0.1, 0.15) is 15.6 Å². The SMILES string of the molecule is CCNC(=O)COc1ccc(/C=C/c2ncc(C(=O)OC)s2)cc1. The quantitative estimate of drug-likeness (QED) is 0.780. The third-order valence-electron chi connectivity index (χ3n) is 2.95. The maximum absolute atomic E-state index is 11.4. The maximum Gasteiger partial charge on any atom is 0.349 e. The van der Waals surface area contributed by atoms with E-state index in [-0.39, 0.29) is 18.5 Å². The Morgan fingerprint density at radius 3 is 2.67 bits per heavy atom. The standard InChI is InChI=1S/C17H18N2O4S/c1-3-18-15(20)11-23-13-7-4-12(5-8-13)6-9-16-19-10-14(24-16)17(21)22-2/h4-10H,3,11H2,1-2H3,(H,18,20)/b9-6+. The van der Waals surface area contributed by atoms with Gasteiger partial charge in [0.2, 0.25) is 0 Å². The zero-order chi connectivity index (χ0) is 17.4. The molecule has 7 heteroatoms. The van der Waals surface area contributed by atoms with Gasteiger partial charge in [0.25, 0.3) is 5.91 Å². The highest BCUT2D eigenvalue weighted by Crippen LogP contribution is 2.18. The second-order valence-electron chi connectivity index (χ2n) is 4.70. The zero-order valence-corrected chi connectivity index (χ0v) is 14.3. The average Bonchev–Trinajstić information content (AvgIpc) is 3.07. The molecule has 2 rings (SSSR count). The van der Waals surface area contributed by atoms with Crippen molar-refractivity contribution in [1.82, 2.24) is 10.3 Å². The molecule has 0 aliphatic heterocycles. The van der Waals surface area contributed by atoms with Gasteiger partial charge in [0.15, 0.2) is 6.61 Å². The smallest absolute Gasteiger partial charge is 0.349 e.